The first kappa shape index (κ1) is 20.9. The van der Waals surface area contributed by atoms with Gasteiger partial charge in [-0.15, -0.1) is 5.10 Å². The van der Waals surface area contributed by atoms with E-state index in [1.165, 1.54) is 12.1 Å². The number of hydrogen-bond donors (Lipinski definition) is 1. The Kier molecular flexibility index (Phi) is 5.11. The first-order chi connectivity index (χ1) is 16.6. The molecule has 6 rings (SSSR count). The largest absolute Gasteiger partial charge is 0.461 e. The van der Waals surface area contributed by atoms with E-state index in [9.17, 15) is 4.39 Å². The maximum Gasteiger partial charge on any atom is 0.225 e. The first-order valence-electron chi connectivity index (χ1n) is 11.0. The molecule has 0 radical (unpaired) electrons. The zero-order valence-electron chi connectivity index (χ0n) is 18.2. The molecule has 11 heteroatoms. The van der Waals surface area contributed by atoms with Crippen molar-refractivity contribution in [3.05, 3.63) is 59.7 Å². The number of piperazine rings is 1. The van der Waals surface area contributed by atoms with Crippen molar-refractivity contribution in [3.8, 4) is 11.6 Å². The second kappa shape index (κ2) is 8.30. The van der Waals surface area contributed by atoms with Crippen LogP contribution in [0.5, 0.6) is 0 Å². The van der Waals surface area contributed by atoms with Gasteiger partial charge in [0.05, 0.1) is 22.4 Å². The lowest BCUT2D eigenvalue weighted by Crippen LogP contribution is -2.47. The summed E-state index contributed by atoms with van der Waals surface area (Å²) in [6.07, 6.45) is 3.59. The van der Waals surface area contributed by atoms with E-state index in [0.29, 0.717) is 22.3 Å². The minimum absolute atomic E-state index is 0.276. The molecule has 1 fully saturated rings. The van der Waals surface area contributed by atoms with E-state index in [1.54, 1.807) is 22.9 Å². The van der Waals surface area contributed by atoms with Crippen LogP contribution in [-0.4, -0.2) is 61.8 Å². The van der Waals surface area contributed by atoms with Crippen LogP contribution in [-0.2, 0) is 6.54 Å². The highest BCUT2D eigenvalue weighted by atomic mass is 35.5. The number of hydrogen-bond acceptors (Lipinski definition) is 7. The van der Waals surface area contributed by atoms with E-state index in [0.717, 1.165) is 56.0 Å². The number of benzene rings is 1. The lowest BCUT2D eigenvalue weighted by molar-refractivity contribution is 0.249. The highest BCUT2D eigenvalue weighted by molar-refractivity contribution is 6.33. The third-order valence-corrected chi connectivity index (χ3v) is 6.54. The number of fused-ring (bicyclic) bond motifs is 3. The molecular formula is C23H22ClFN8O. The van der Waals surface area contributed by atoms with Gasteiger partial charge in [0, 0.05) is 45.5 Å². The summed E-state index contributed by atoms with van der Waals surface area (Å²) in [7, 11) is 0. The summed E-state index contributed by atoms with van der Waals surface area (Å²) >= 11 is 6.24. The molecule has 5 aromatic rings. The zero-order valence-corrected chi connectivity index (χ0v) is 19.0. The van der Waals surface area contributed by atoms with Crippen LogP contribution in [0, 0.1) is 5.82 Å². The maximum atomic E-state index is 13.4. The van der Waals surface area contributed by atoms with Gasteiger partial charge in [-0.05, 0) is 36.4 Å². The second-order valence-corrected chi connectivity index (χ2v) is 8.70. The minimum atomic E-state index is -0.318. The molecule has 1 aromatic carbocycles. The average molecular weight is 481 g/mol. The van der Waals surface area contributed by atoms with Crippen molar-refractivity contribution < 1.29 is 8.81 Å². The maximum absolute atomic E-state index is 13.4. The van der Waals surface area contributed by atoms with Gasteiger partial charge in [-0.25, -0.2) is 9.37 Å². The smallest absolute Gasteiger partial charge is 0.225 e. The van der Waals surface area contributed by atoms with Gasteiger partial charge in [0.1, 0.15) is 11.5 Å². The van der Waals surface area contributed by atoms with E-state index in [-0.39, 0.29) is 11.8 Å². The van der Waals surface area contributed by atoms with Gasteiger partial charge in [-0.3, -0.25) is 4.90 Å². The minimum Gasteiger partial charge on any atom is -0.461 e. The molecule has 0 spiro atoms. The van der Waals surface area contributed by atoms with E-state index in [4.69, 9.17) is 21.8 Å². The second-order valence-electron chi connectivity index (χ2n) is 8.29. The van der Waals surface area contributed by atoms with Crippen LogP contribution in [0.3, 0.4) is 0 Å². The Hall–Kier alpha value is -3.63. The number of nitrogen functional groups attached to an aromatic ring is 1. The van der Waals surface area contributed by atoms with Crippen LogP contribution in [0.4, 0.5) is 16.0 Å². The Bertz CT molecular complexity index is 1470. The molecule has 0 unspecified atom stereocenters. The normalized spacial score (nSPS) is 15.1. The molecule has 1 aliphatic heterocycles. The molecule has 0 aliphatic carbocycles. The lowest BCUT2D eigenvalue weighted by Gasteiger charge is -2.36. The summed E-state index contributed by atoms with van der Waals surface area (Å²) in [6.45, 7) is 5.08. The molecule has 0 saturated carbocycles. The summed E-state index contributed by atoms with van der Waals surface area (Å²) in [5.41, 5.74) is 8.51. The molecule has 0 bridgehead atoms. The molecule has 4 aromatic heterocycles. The van der Waals surface area contributed by atoms with Gasteiger partial charge >= 0.3 is 0 Å². The van der Waals surface area contributed by atoms with E-state index in [2.05, 4.69) is 29.4 Å². The summed E-state index contributed by atoms with van der Waals surface area (Å²) in [5.74, 6) is 1.01. The van der Waals surface area contributed by atoms with Crippen molar-refractivity contribution in [3.63, 3.8) is 0 Å². The summed E-state index contributed by atoms with van der Waals surface area (Å²) < 4.78 is 22.4. The molecule has 5 heterocycles. The van der Waals surface area contributed by atoms with Crippen molar-refractivity contribution in [2.45, 2.75) is 6.54 Å². The van der Waals surface area contributed by atoms with Gasteiger partial charge in [0.25, 0.3) is 0 Å². The van der Waals surface area contributed by atoms with Crippen molar-refractivity contribution in [1.82, 2.24) is 29.0 Å². The molecule has 0 amide bonds. The average Bonchev–Trinajstić information content (AvgIpc) is 3.58. The number of aromatic nitrogens is 5. The molecule has 174 valence electrons. The number of halogens is 2. The van der Waals surface area contributed by atoms with Crippen molar-refractivity contribution in [2.75, 3.05) is 43.4 Å². The molecule has 2 N–H and O–H groups in total. The lowest BCUT2D eigenvalue weighted by atomic mass is 10.2. The Morgan fingerprint density at radius 3 is 2.65 bits per heavy atom. The van der Waals surface area contributed by atoms with Crippen LogP contribution in [0.2, 0.25) is 5.02 Å². The third-order valence-electron chi connectivity index (χ3n) is 6.24. The molecule has 1 aliphatic rings. The first-order valence-corrected chi connectivity index (χ1v) is 11.4. The zero-order chi connectivity index (χ0) is 23.2. The molecular weight excluding hydrogens is 459 g/mol. The van der Waals surface area contributed by atoms with Gasteiger partial charge in [0.15, 0.2) is 11.4 Å². The Morgan fingerprint density at radius 2 is 1.88 bits per heavy atom. The number of anilines is 2. The van der Waals surface area contributed by atoms with E-state index >= 15 is 0 Å². The summed E-state index contributed by atoms with van der Waals surface area (Å²) in [6, 6.07) is 10.2. The van der Waals surface area contributed by atoms with Crippen LogP contribution in [0.25, 0.3) is 28.3 Å². The summed E-state index contributed by atoms with van der Waals surface area (Å²) in [5, 5.41) is 5.78. The van der Waals surface area contributed by atoms with Crippen LogP contribution in [0.15, 0.2) is 53.3 Å². The fourth-order valence-electron chi connectivity index (χ4n) is 4.46. The SMILES string of the molecule is Nc1nc2c(ccn2CCN2CCN(c3ccc(F)cc3Cl)CC2)c2nc(-c3ccco3)nn12. The topological polar surface area (TPSA) is 93.6 Å². The number of rotatable bonds is 5. The fraction of sp³-hybridized carbons (Fsp3) is 0.261. The predicted octanol–water partition coefficient (Wildman–Crippen LogP) is 3.54. The van der Waals surface area contributed by atoms with Crippen LogP contribution >= 0.6 is 11.6 Å². The number of nitrogens with two attached hydrogens (primary N) is 1. The van der Waals surface area contributed by atoms with Crippen LogP contribution < -0.4 is 10.6 Å². The molecule has 9 nitrogen and oxygen atoms in total. The fourth-order valence-corrected chi connectivity index (χ4v) is 4.74. The Morgan fingerprint density at radius 1 is 1.03 bits per heavy atom. The molecule has 0 atom stereocenters. The number of furan rings is 1. The Labute approximate surface area is 199 Å². The van der Waals surface area contributed by atoms with Crippen molar-refractivity contribution >= 4 is 39.9 Å². The standard InChI is InChI=1S/C23H22ClFN8O/c24-17-14-15(25)3-4-18(17)31-10-7-30(8-11-31)9-12-32-6-5-16-21(32)28-23(26)33-22(16)27-20(29-33)19-2-1-13-34-19/h1-6,13-14H,7-12H2,(H2,26,28). The predicted molar refractivity (Wildman–Crippen MR) is 128 cm³/mol. The third kappa shape index (κ3) is 3.64. The monoisotopic (exact) mass is 480 g/mol. The Balaban J connectivity index is 1.17. The highest BCUT2D eigenvalue weighted by Gasteiger charge is 2.20. The van der Waals surface area contributed by atoms with Crippen LogP contribution in [0.1, 0.15) is 0 Å². The summed E-state index contributed by atoms with van der Waals surface area (Å²) in [4.78, 5) is 13.8. The highest BCUT2D eigenvalue weighted by Crippen LogP contribution is 2.28. The van der Waals surface area contributed by atoms with Gasteiger partial charge in [-0.1, -0.05) is 11.6 Å². The molecule has 34 heavy (non-hydrogen) atoms. The van der Waals surface area contributed by atoms with E-state index < -0.39 is 0 Å². The van der Waals surface area contributed by atoms with Gasteiger partial charge in [0.2, 0.25) is 11.8 Å². The quantitative estimate of drug-likeness (QED) is 0.411. The molecule has 1 saturated heterocycles. The van der Waals surface area contributed by atoms with E-state index in [1.807, 2.05) is 18.3 Å². The van der Waals surface area contributed by atoms with Gasteiger partial charge < -0.3 is 19.6 Å². The van der Waals surface area contributed by atoms with Gasteiger partial charge in [-0.2, -0.15) is 9.50 Å². The number of nitrogens with zero attached hydrogens (tertiary/aromatic N) is 7. The van der Waals surface area contributed by atoms with Crippen molar-refractivity contribution in [2.24, 2.45) is 0 Å². The van der Waals surface area contributed by atoms with Crippen molar-refractivity contribution in [1.29, 1.82) is 0 Å².